The highest BCUT2D eigenvalue weighted by atomic mass is 16.5. The van der Waals surface area contributed by atoms with Gasteiger partial charge in [0.1, 0.15) is 5.82 Å². The van der Waals surface area contributed by atoms with Gasteiger partial charge in [0.15, 0.2) is 0 Å². The van der Waals surface area contributed by atoms with Crippen LogP contribution in [0.2, 0.25) is 0 Å². The largest absolute Gasteiger partial charge is 0.481 e. The van der Waals surface area contributed by atoms with E-state index in [1.165, 1.54) is 12.8 Å². The van der Waals surface area contributed by atoms with E-state index in [1.807, 2.05) is 12.1 Å². The number of anilines is 1. The Kier molecular flexibility index (Phi) is 5.42. The van der Waals surface area contributed by atoms with Gasteiger partial charge in [-0.2, -0.15) is 4.98 Å². The third kappa shape index (κ3) is 3.81. The van der Waals surface area contributed by atoms with Crippen molar-refractivity contribution in [2.24, 2.45) is 0 Å². The Morgan fingerprint density at radius 3 is 3.11 bits per heavy atom. The molecule has 106 valence electrons. The van der Waals surface area contributed by atoms with Crippen LogP contribution in [-0.2, 0) is 4.74 Å². The lowest BCUT2D eigenvalue weighted by molar-refractivity contribution is 0.199. The minimum Gasteiger partial charge on any atom is -0.481 e. The summed E-state index contributed by atoms with van der Waals surface area (Å²) in [5.74, 6) is 1.69. The molecule has 0 radical (unpaired) electrons. The van der Waals surface area contributed by atoms with Gasteiger partial charge in [-0.05, 0) is 18.9 Å². The highest BCUT2D eigenvalue weighted by Gasteiger charge is 2.25. The minimum absolute atomic E-state index is 0.511. The van der Waals surface area contributed by atoms with Crippen LogP contribution in [0.3, 0.4) is 0 Å². The van der Waals surface area contributed by atoms with Gasteiger partial charge in [-0.3, -0.25) is 0 Å². The molecular formula is C14H23N3O2. The monoisotopic (exact) mass is 265 g/mol. The summed E-state index contributed by atoms with van der Waals surface area (Å²) >= 11 is 0. The van der Waals surface area contributed by atoms with Crippen molar-refractivity contribution in [3.63, 3.8) is 0 Å². The average molecular weight is 265 g/mol. The van der Waals surface area contributed by atoms with Crippen molar-refractivity contribution in [3.05, 3.63) is 18.2 Å². The molecule has 0 bridgehead atoms. The first kappa shape index (κ1) is 14.1. The Hall–Kier alpha value is -1.33. The molecule has 2 heterocycles. The minimum atomic E-state index is 0.511. The molecule has 0 amide bonds. The first-order valence-corrected chi connectivity index (χ1v) is 6.82. The molecule has 1 aliphatic rings. The molecule has 1 atom stereocenters. The van der Waals surface area contributed by atoms with Crippen molar-refractivity contribution >= 4 is 5.82 Å². The van der Waals surface area contributed by atoms with Crippen LogP contribution in [0.5, 0.6) is 5.88 Å². The highest BCUT2D eigenvalue weighted by Crippen LogP contribution is 2.24. The number of aromatic nitrogens is 1. The van der Waals surface area contributed by atoms with Gasteiger partial charge in [-0.25, -0.2) is 0 Å². The fraction of sp³-hybridized carbons (Fsp3) is 0.643. The summed E-state index contributed by atoms with van der Waals surface area (Å²) in [6, 6.07) is 6.44. The van der Waals surface area contributed by atoms with Crippen molar-refractivity contribution in [1.29, 1.82) is 0 Å². The molecule has 1 aromatic rings. The van der Waals surface area contributed by atoms with Crippen LogP contribution in [0.1, 0.15) is 12.8 Å². The number of pyridine rings is 1. The maximum atomic E-state index is 5.19. The molecule has 19 heavy (non-hydrogen) atoms. The molecule has 1 fully saturated rings. The smallest absolute Gasteiger partial charge is 0.214 e. The molecule has 2 rings (SSSR count). The molecule has 1 aliphatic heterocycles. The summed E-state index contributed by atoms with van der Waals surface area (Å²) in [6.07, 6.45) is 2.42. The van der Waals surface area contributed by atoms with Crippen molar-refractivity contribution in [1.82, 2.24) is 10.3 Å². The van der Waals surface area contributed by atoms with Gasteiger partial charge in [0, 0.05) is 38.9 Å². The summed E-state index contributed by atoms with van der Waals surface area (Å²) in [4.78, 5) is 6.88. The predicted octanol–water partition coefficient (Wildman–Crippen LogP) is 1.29. The predicted molar refractivity (Wildman–Crippen MR) is 75.9 cm³/mol. The molecule has 5 nitrogen and oxygen atoms in total. The van der Waals surface area contributed by atoms with Crippen LogP contribution in [0.15, 0.2) is 18.2 Å². The number of hydrogen-bond donors (Lipinski definition) is 1. The normalized spacial score (nSPS) is 18.8. The SMILES string of the molecule is COCCNCC1CCCN1c1cccc(OC)n1. The lowest BCUT2D eigenvalue weighted by Crippen LogP contribution is -2.39. The van der Waals surface area contributed by atoms with E-state index >= 15 is 0 Å². The summed E-state index contributed by atoms with van der Waals surface area (Å²) in [6.45, 7) is 3.69. The van der Waals surface area contributed by atoms with Crippen molar-refractivity contribution < 1.29 is 9.47 Å². The van der Waals surface area contributed by atoms with Crippen LogP contribution in [-0.4, -0.2) is 51.5 Å². The lowest BCUT2D eigenvalue weighted by Gasteiger charge is -2.26. The lowest BCUT2D eigenvalue weighted by atomic mass is 10.2. The fourth-order valence-electron chi connectivity index (χ4n) is 2.47. The van der Waals surface area contributed by atoms with Crippen LogP contribution in [0, 0.1) is 0 Å². The van der Waals surface area contributed by atoms with E-state index in [0.29, 0.717) is 11.9 Å². The highest BCUT2D eigenvalue weighted by molar-refractivity contribution is 5.43. The first-order chi connectivity index (χ1) is 9.35. The van der Waals surface area contributed by atoms with Crippen LogP contribution in [0.4, 0.5) is 5.82 Å². The number of hydrogen-bond acceptors (Lipinski definition) is 5. The fourth-order valence-corrected chi connectivity index (χ4v) is 2.47. The summed E-state index contributed by atoms with van der Waals surface area (Å²) in [5, 5.41) is 3.43. The summed E-state index contributed by atoms with van der Waals surface area (Å²) < 4.78 is 10.2. The third-order valence-electron chi connectivity index (χ3n) is 3.45. The second kappa shape index (κ2) is 7.31. The topological polar surface area (TPSA) is 46.6 Å². The van der Waals surface area contributed by atoms with Gasteiger partial charge in [0.2, 0.25) is 5.88 Å². The molecule has 1 saturated heterocycles. The maximum absolute atomic E-state index is 5.19. The van der Waals surface area contributed by atoms with Crippen molar-refractivity contribution in [2.45, 2.75) is 18.9 Å². The van der Waals surface area contributed by atoms with Gasteiger partial charge in [-0.15, -0.1) is 0 Å². The zero-order valence-electron chi connectivity index (χ0n) is 11.8. The van der Waals surface area contributed by atoms with Gasteiger partial charge < -0.3 is 19.7 Å². The van der Waals surface area contributed by atoms with Crippen molar-refractivity contribution in [2.75, 3.05) is 45.4 Å². The second-order valence-corrected chi connectivity index (χ2v) is 4.72. The van der Waals surface area contributed by atoms with E-state index in [2.05, 4.69) is 21.3 Å². The van der Waals surface area contributed by atoms with E-state index < -0.39 is 0 Å². The summed E-state index contributed by atoms with van der Waals surface area (Å²) in [7, 11) is 3.38. The number of nitrogens with zero attached hydrogens (tertiary/aromatic N) is 2. The van der Waals surface area contributed by atoms with Crippen LogP contribution >= 0.6 is 0 Å². The quantitative estimate of drug-likeness (QED) is 0.753. The van der Waals surface area contributed by atoms with E-state index in [-0.39, 0.29) is 0 Å². The van der Waals surface area contributed by atoms with Gasteiger partial charge >= 0.3 is 0 Å². The Morgan fingerprint density at radius 2 is 2.32 bits per heavy atom. The average Bonchev–Trinajstić information content (AvgIpc) is 2.92. The van der Waals surface area contributed by atoms with Crippen LogP contribution < -0.4 is 15.0 Å². The second-order valence-electron chi connectivity index (χ2n) is 4.72. The molecular weight excluding hydrogens is 242 g/mol. The summed E-state index contributed by atoms with van der Waals surface area (Å²) in [5.41, 5.74) is 0. The Morgan fingerprint density at radius 1 is 1.42 bits per heavy atom. The number of nitrogens with one attached hydrogen (secondary N) is 1. The molecule has 0 spiro atoms. The standard InChI is InChI=1S/C14H23N3O2/c1-18-10-8-15-11-12-5-4-9-17(12)13-6-3-7-14(16-13)19-2/h3,6-7,12,15H,4-5,8-11H2,1-2H3. The first-order valence-electron chi connectivity index (χ1n) is 6.82. The Balaban J connectivity index is 1.93. The van der Waals surface area contributed by atoms with Crippen LogP contribution in [0.25, 0.3) is 0 Å². The molecule has 0 aliphatic carbocycles. The zero-order valence-corrected chi connectivity index (χ0v) is 11.8. The third-order valence-corrected chi connectivity index (χ3v) is 3.45. The van der Waals surface area contributed by atoms with E-state index in [0.717, 1.165) is 32.1 Å². The van der Waals surface area contributed by atoms with E-state index in [4.69, 9.17) is 9.47 Å². The van der Waals surface area contributed by atoms with E-state index in [1.54, 1.807) is 14.2 Å². The van der Waals surface area contributed by atoms with Gasteiger partial charge in [0.05, 0.1) is 13.7 Å². The van der Waals surface area contributed by atoms with Gasteiger partial charge in [-0.1, -0.05) is 6.07 Å². The van der Waals surface area contributed by atoms with Crippen molar-refractivity contribution in [3.8, 4) is 5.88 Å². The van der Waals surface area contributed by atoms with E-state index in [9.17, 15) is 0 Å². The molecule has 1 aromatic heterocycles. The number of ether oxygens (including phenoxy) is 2. The Labute approximate surface area is 114 Å². The molecule has 5 heteroatoms. The number of methoxy groups -OCH3 is 2. The molecule has 0 aromatic carbocycles. The maximum Gasteiger partial charge on any atom is 0.214 e. The molecule has 1 unspecified atom stereocenters. The zero-order chi connectivity index (χ0) is 13.5. The molecule has 0 saturated carbocycles. The number of rotatable bonds is 7. The Bertz CT molecular complexity index is 387. The van der Waals surface area contributed by atoms with Gasteiger partial charge in [0.25, 0.3) is 0 Å². The molecule has 1 N–H and O–H groups in total.